The van der Waals surface area contributed by atoms with Crippen LogP contribution >= 0.6 is 11.6 Å². The predicted octanol–water partition coefficient (Wildman–Crippen LogP) is 4.95. The summed E-state index contributed by atoms with van der Waals surface area (Å²) in [6, 6.07) is 12.4. The van der Waals surface area contributed by atoms with Crippen molar-refractivity contribution in [3.8, 4) is 5.75 Å². The molecular weight excluding hydrogens is 301 g/mol. The minimum absolute atomic E-state index is 0.125. The van der Waals surface area contributed by atoms with E-state index >= 15 is 0 Å². The standard InChI is InChI=1S/C18H21ClFNO/c1-2-3-11-21-12-14-7-9-15(10-8-14)22-13-16-17(19)5-4-6-18(16)20/h4-10,21H,2-3,11-13H2,1H3. The highest BCUT2D eigenvalue weighted by Gasteiger charge is 2.07. The van der Waals surface area contributed by atoms with Gasteiger partial charge in [-0.3, -0.25) is 0 Å². The molecule has 0 bridgehead atoms. The van der Waals surface area contributed by atoms with Crippen LogP contribution < -0.4 is 10.1 Å². The van der Waals surface area contributed by atoms with Crippen molar-refractivity contribution in [2.45, 2.75) is 32.9 Å². The van der Waals surface area contributed by atoms with Crippen LogP contribution in [-0.4, -0.2) is 6.54 Å². The van der Waals surface area contributed by atoms with E-state index in [2.05, 4.69) is 12.2 Å². The summed E-state index contributed by atoms with van der Waals surface area (Å²) < 4.78 is 19.3. The normalized spacial score (nSPS) is 10.7. The number of nitrogens with one attached hydrogen (secondary N) is 1. The minimum atomic E-state index is -0.343. The van der Waals surface area contributed by atoms with E-state index in [-0.39, 0.29) is 12.4 Å². The van der Waals surface area contributed by atoms with Crippen LogP contribution in [-0.2, 0) is 13.2 Å². The smallest absolute Gasteiger partial charge is 0.131 e. The molecule has 0 amide bonds. The number of hydrogen-bond donors (Lipinski definition) is 1. The highest BCUT2D eigenvalue weighted by Crippen LogP contribution is 2.21. The third kappa shape index (κ3) is 5.00. The molecule has 4 heteroatoms. The van der Waals surface area contributed by atoms with E-state index < -0.39 is 0 Å². The lowest BCUT2D eigenvalue weighted by Gasteiger charge is -2.10. The molecular formula is C18H21ClFNO. The maximum Gasteiger partial charge on any atom is 0.131 e. The molecule has 118 valence electrons. The Morgan fingerprint density at radius 2 is 1.91 bits per heavy atom. The van der Waals surface area contributed by atoms with Gasteiger partial charge in [0.1, 0.15) is 18.2 Å². The van der Waals surface area contributed by atoms with E-state index in [0.29, 0.717) is 16.3 Å². The first-order valence-electron chi connectivity index (χ1n) is 7.56. The van der Waals surface area contributed by atoms with Gasteiger partial charge in [0.15, 0.2) is 0 Å². The zero-order chi connectivity index (χ0) is 15.8. The second-order valence-electron chi connectivity index (χ2n) is 5.16. The molecule has 0 aliphatic heterocycles. The van der Waals surface area contributed by atoms with E-state index in [4.69, 9.17) is 16.3 Å². The fourth-order valence-electron chi connectivity index (χ4n) is 2.06. The van der Waals surface area contributed by atoms with Gasteiger partial charge in [-0.05, 0) is 42.8 Å². The Kier molecular flexibility index (Phi) is 6.69. The molecule has 2 aromatic carbocycles. The molecule has 0 saturated heterocycles. The lowest BCUT2D eigenvalue weighted by molar-refractivity contribution is 0.300. The number of unbranched alkanes of at least 4 members (excludes halogenated alkanes) is 1. The SMILES string of the molecule is CCCCNCc1ccc(OCc2c(F)cccc2Cl)cc1. The Bertz CT molecular complexity index is 566. The summed E-state index contributed by atoms with van der Waals surface area (Å²) in [6.45, 7) is 4.18. The van der Waals surface area contributed by atoms with Crippen LogP contribution in [0.15, 0.2) is 42.5 Å². The van der Waals surface area contributed by atoms with Crippen molar-refractivity contribution in [2.75, 3.05) is 6.54 Å². The van der Waals surface area contributed by atoms with E-state index in [0.717, 1.165) is 13.1 Å². The average molecular weight is 322 g/mol. The van der Waals surface area contributed by atoms with E-state index in [1.165, 1.54) is 24.5 Å². The molecule has 2 aromatic rings. The molecule has 0 aliphatic rings. The molecule has 0 saturated carbocycles. The summed E-state index contributed by atoms with van der Waals surface area (Å²) in [7, 11) is 0. The molecule has 0 radical (unpaired) electrons. The third-order valence-electron chi connectivity index (χ3n) is 3.40. The Balaban J connectivity index is 1.86. The van der Waals surface area contributed by atoms with Gasteiger partial charge in [-0.15, -0.1) is 0 Å². The molecule has 2 rings (SSSR count). The topological polar surface area (TPSA) is 21.3 Å². The monoisotopic (exact) mass is 321 g/mol. The largest absolute Gasteiger partial charge is 0.489 e. The maximum absolute atomic E-state index is 13.6. The number of ether oxygens (including phenoxy) is 1. The first-order chi connectivity index (χ1) is 10.7. The highest BCUT2D eigenvalue weighted by molar-refractivity contribution is 6.31. The van der Waals surface area contributed by atoms with Gasteiger partial charge in [-0.25, -0.2) is 4.39 Å². The summed E-state index contributed by atoms with van der Waals surface area (Å²) in [6.07, 6.45) is 2.38. The summed E-state index contributed by atoms with van der Waals surface area (Å²) >= 11 is 5.98. The zero-order valence-corrected chi connectivity index (χ0v) is 13.5. The van der Waals surface area contributed by atoms with Gasteiger partial charge in [0.25, 0.3) is 0 Å². The van der Waals surface area contributed by atoms with Crippen LogP contribution in [0.5, 0.6) is 5.75 Å². The van der Waals surface area contributed by atoms with Gasteiger partial charge in [-0.1, -0.05) is 43.1 Å². The first kappa shape index (κ1) is 16.8. The van der Waals surface area contributed by atoms with Crippen molar-refractivity contribution >= 4 is 11.6 Å². The second kappa shape index (κ2) is 8.76. The molecule has 0 atom stereocenters. The quantitative estimate of drug-likeness (QED) is 0.695. The van der Waals surface area contributed by atoms with E-state index in [1.807, 2.05) is 24.3 Å². The average Bonchev–Trinajstić information content (AvgIpc) is 2.52. The molecule has 0 aromatic heterocycles. The van der Waals surface area contributed by atoms with Crippen LogP contribution in [0.25, 0.3) is 0 Å². The molecule has 0 fully saturated rings. The minimum Gasteiger partial charge on any atom is -0.489 e. The number of halogens is 2. The Labute approximate surface area is 136 Å². The van der Waals surface area contributed by atoms with Gasteiger partial charge in [0.05, 0.1) is 5.02 Å². The Hall–Kier alpha value is -1.58. The summed E-state index contributed by atoms with van der Waals surface area (Å²) in [5.74, 6) is 0.362. The van der Waals surface area contributed by atoms with Crippen LogP contribution in [0.4, 0.5) is 4.39 Å². The lowest BCUT2D eigenvalue weighted by Crippen LogP contribution is -2.14. The molecule has 0 heterocycles. The molecule has 22 heavy (non-hydrogen) atoms. The molecule has 0 aliphatic carbocycles. The molecule has 0 unspecified atom stereocenters. The molecule has 2 nitrogen and oxygen atoms in total. The van der Waals surface area contributed by atoms with Crippen molar-refractivity contribution in [3.63, 3.8) is 0 Å². The molecule has 1 N–H and O–H groups in total. The zero-order valence-electron chi connectivity index (χ0n) is 12.7. The number of hydrogen-bond acceptors (Lipinski definition) is 2. The molecule has 0 spiro atoms. The Morgan fingerprint density at radius 3 is 2.59 bits per heavy atom. The fraction of sp³-hybridized carbons (Fsp3) is 0.333. The van der Waals surface area contributed by atoms with Gasteiger partial charge in [-0.2, -0.15) is 0 Å². The van der Waals surface area contributed by atoms with E-state index in [9.17, 15) is 4.39 Å². The number of benzene rings is 2. The summed E-state index contributed by atoms with van der Waals surface area (Å²) in [5, 5.41) is 3.77. The Morgan fingerprint density at radius 1 is 1.14 bits per heavy atom. The van der Waals surface area contributed by atoms with Crippen molar-refractivity contribution in [1.82, 2.24) is 5.32 Å². The van der Waals surface area contributed by atoms with Gasteiger partial charge in [0, 0.05) is 12.1 Å². The predicted molar refractivity (Wildman–Crippen MR) is 88.8 cm³/mol. The van der Waals surface area contributed by atoms with Crippen LogP contribution in [0, 0.1) is 5.82 Å². The van der Waals surface area contributed by atoms with E-state index in [1.54, 1.807) is 12.1 Å². The first-order valence-corrected chi connectivity index (χ1v) is 7.94. The second-order valence-corrected chi connectivity index (χ2v) is 5.57. The third-order valence-corrected chi connectivity index (χ3v) is 3.76. The van der Waals surface area contributed by atoms with Crippen molar-refractivity contribution < 1.29 is 9.13 Å². The van der Waals surface area contributed by atoms with Crippen LogP contribution in [0.1, 0.15) is 30.9 Å². The lowest BCUT2D eigenvalue weighted by atomic mass is 10.2. The maximum atomic E-state index is 13.6. The van der Waals surface area contributed by atoms with Crippen molar-refractivity contribution in [3.05, 3.63) is 64.4 Å². The fourth-order valence-corrected chi connectivity index (χ4v) is 2.28. The van der Waals surface area contributed by atoms with Gasteiger partial charge in [0.2, 0.25) is 0 Å². The summed E-state index contributed by atoms with van der Waals surface area (Å²) in [5.41, 5.74) is 1.59. The van der Waals surface area contributed by atoms with Gasteiger partial charge < -0.3 is 10.1 Å². The van der Waals surface area contributed by atoms with Crippen molar-refractivity contribution in [1.29, 1.82) is 0 Å². The van der Waals surface area contributed by atoms with Crippen molar-refractivity contribution in [2.24, 2.45) is 0 Å². The van der Waals surface area contributed by atoms with Gasteiger partial charge >= 0.3 is 0 Å². The highest BCUT2D eigenvalue weighted by atomic mass is 35.5. The number of rotatable bonds is 8. The summed E-state index contributed by atoms with van der Waals surface area (Å²) in [4.78, 5) is 0. The van der Waals surface area contributed by atoms with Crippen LogP contribution in [0.3, 0.4) is 0 Å². The van der Waals surface area contributed by atoms with Crippen LogP contribution in [0.2, 0.25) is 5.02 Å².